The summed E-state index contributed by atoms with van der Waals surface area (Å²) in [6, 6.07) is 19.5. The van der Waals surface area contributed by atoms with Crippen LogP contribution in [0, 0.1) is 11.8 Å². The fourth-order valence-electron chi connectivity index (χ4n) is 4.68. The third-order valence-electron chi connectivity index (χ3n) is 6.83. The Balaban J connectivity index is 1.54. The van der Waals surface area contributed by atoms with Crippen molar-refractivity contribution in [2.45, 2.75) is 38.1 Å². The van der Waals surface area contributed by atoms with Crippen LogP contribution in [0.25, 0.3) is 11.1 Å². The van der Waals surface area contributed by atoms with Crippen molar-refractivity contribution in [3.63, 3.8) is 0 Å². The molecule has 2 aromatic carbocycles. The second-order valence-electron chi connectivity index (χ2n) is 9.23. The number of halogens is 1. The lowest BCUT2D eigenvalue weighted by Crippen LogP contribution is -2.37. The molecule has 0 aliphatic heterocycles. The number of hydrogen-bond donors (Lipinski definition) is 3. The van der Waals surface area contributed by atoms with Crippen LogP contribution in [0.15, 0.2) is 60.7 Å². The first-order valence-electron chi connectivity index (χ1n) is 12.3. The van der Waals surface area contributed by atoms with E-state index in [4.69, 9.17) is 17.3 Å². The summed E-state index contributed by atoms with van der Waals surface area (Å²) in [5, 5.41) is 5.98. The normalized spacial score (nSPS) is 18.3. The molecule has 0 spiro atoms. The first kappa shape index (κ1) is 26.2. The second-order valence-corrected chi connectivity index (χ2v) is 10.9. The lowest BCUT2D eigenvalue weighted by molar-refractivity contribution is -0.127. The summed E-state index contributed by atoms with van der Waals surface area (Å²) in [5.74, 6) is 0.661. The topological polar surface area (TPSA) is 93.5 Å². The van der Waals surface area contributed by atoms with Crippen molar-refractivity contribution in [2.24, 2.45) is 17.6 Å². The van der Waals surface area contributed by atoms with E-state index in [1.165, 1.54) is 18.4 Å². The highest BCUT2D eigenvalue weighted by molar-refractivity contribution is 7.16. The third kappa shape index (κ3) is 6.66. The number of methoxy groups -OCH3 is 1. The minimum absolute atomic E-state index is 0.0239. The smallest absolute Gasteiger partial charge is 0.411 e. The van der Waals surface area contributed by atoms with Crippen LogP contribution >= 0.6 is 22.9 Å². The summed E-state index contributed by atoms with van der Waals surface area (Å²) < 4.78 is 5.30. The quantitative estimate of drug-likeness (QED) is 0.316. The minimum atomic E-state index is -0.519. The average Bonchev–Trinajstić information content (AvgIpc) is 3.30. The molecule has 1 saturated carbocycles. The van der Waals surface area contributed by atoms with E-state index in [1.807, 2.05) is 30.3 Å². The number of carbonyl (C=O) groups is 2. The number of hydrogen-bond acceptors (Lipinski definition) is 5. The van der Waals surface area contributed by atoms with Gasteiger partial charge in [-0.3, -0.25) is 10.1 Å². The molecule has 1 aromatic heterocycles. The van der Waals surface area contributed by atoms with Crippen molar-refractivity contribution in [3.05, 3.63) is 75.4 Å². The molecule has 1 unspecified atom stereocenters. The molecule has 0 bridgehead atoms. The van der Waals surface area contributed by atoms with Crippen LogP contribution in [0.2, 0.25) is 4.34 Å². The van der Waals surface area contributed by atoms with E-state index in [0.29, 0.717) is 28.9 Å². The van der Waals surface area contributed by atoms with Gasteiger partial charge in [-0.25, -0.2) is 4.79 Å². The predicted molar refractivity (Wildman–Crippen MR) is 146 cm³/mol. The summed E-state index contributed by atoms with van der Waals surface area (Å²) in [6.07, 6.45) is 3.95. The number of nitrogens with two attached hydrogens (primary N) is 1. The van der Waals surface area contributed by atoms with Gasteiger partial charge in [-0.1, -0.05) is 54.1 Å². The zero-order chi connectivity index (χ0) is 25.5. The van der Waals surface area contributed by atoms with E-state index in [2.05, 4.69) is 33.6 Å². The molecular formula is C28H32ClN3O3S. The molecule has 3 aromatic rings. The molecule has 4 N–H and O–H groups in total. The summed E-state index contributed by atoms with van der Waals surface area (Å²) in [5.41, 5.74) is 9.45. The highest BCUT2D eigenvalue weighted by Gasteiger charge is 2.28. The fraction of sp³-hybridized carbons (Fsp3) is 0.357. The van der Waals surface area contributed by atoms with Crippen LogP contribution in [0.3, 0.4) is 0 Å². The van der Waals surface area contributed by atoms with Gasteiger partial charge in [0.25, 0.3) is 0 Å². The molecule has 1 atom stereocenters. The molecule has 1 fully saturated rings. The van der Waals surface area contributed by atoms with Crippen LogP contribution < -0.4 is 16.4 Å². The highest BCUT2D eigenvalue weighted by Crippen LogP contribution is 2.40. The molecule has 0 radical (unpaired) electrons. The molecule has 1 aliphatic carbocycles. The van der Waals surface area contributed by atoms with Crippen molar-refractivity contribution in [1.29, 1.82) is 0 Å². The van der Waals surface area contributed by atoms with Gasteiger partial charge in [0.1, 0.15) is 4.34 Å². The Morgan fingerprint density at radius 3 is 2.42 bits per heavy atom. The van der Waals surface area contributed by atoms with Crippen LogP contribution in [0.4, 0.5) is 10.5 Å². The van der Waals surface area contributed by atoms with Gasteiger partial charge < -0.3 is 15.8 Å². The molecule has 0 saturated heterocycles. The van der Waals surface area contributed by atoms with Crippen LogP contribution in [0.1, 0.15) is 42.2 Å². The van der Waals surface area contributed by atoms with Crippen LogP contribution in [-0.4, -0.2) is 25.7 Å². The molecular weight excluding hydrogens is 494 g/mol. The Kier molecular flexibility index (Phi) is 9.02. The maximum absolute atomic E-state index is 13.3. The lowest BCUT2D eigenvalue weighted by atomic mass is 9.81. The Morgan fingerprint density at radius 2 is 1.78 bits per heavy atom. The van der Waals surface area contributed by atoms with E-state index < -0.39 is 6.09 Å². The number of thiophene rings is 1. The lowest BCUT2D eigenvalue weighted by Gasteiger charge is -2.28. The molecule has 8 heteroatoms. The predicted octanol–water partition coefficient (Wildman–Crippen LogP) is 6.41. The first-order valence-corrected chi connectivity index (χ1v) is 13.4. The largest absolute Gasteiger partial charge is 0.453 e. The SMILES string of the molecule is COC(=O)Nc1ccc(-c2cc(C(Cc3ccccc3)NC(=O)[C@H]3CC[C@H](CN)CC3)sc2Cl)cc1. The molecule has 190 valence electrons. The Bertz CT molecular complexity index is 1160. The van der Waals surface area contributed by atoms with E-state index in [-0.39, 0.29) is 17.9 Å². The number of benzene rings is 2. The van der Waals surface area contributed by atoms with Crippen LogP contribution in [0.5, 0.6) is 0 Å². The zero-order valence-corrected chi connectivity index (χ0v) is 21.9. The molecule has 1 aliphatic rings. The summed E-state index contributed by atoms with van der Waals surface area (Å²) in [7, 11) is 1.33. The van der Waals surface area contributed by atoms with Crippen molar-refractivity contribution in [1.82, 2.24) is 5.32 Å². The monoisotopic (exact) mass is 525 g/mol. The van der Waals surface area contributed by atoms with Crippen molar-refractivity contribution in [2.75, 3.05) is 19.0 Å². The number of anilines is 1. The van der Waals surface area contributed by atoms with Gasteiger partial charge in [-0.2, -0.15) is 0 Å². The summed E-state index contributed by atoms with van der Waals surface area (Å²) in [6.45, 7) is 0.696. The number of rotatable bonds is 8. The van der Waals surface area contributed by atoms with Gasteiger partial charge in [-0.05, 0) is 73.9 Å². The fourth-order valence-corrected chi connectivity index (χ4v) is 6.07. The number of amides is 2. The molecule has 4 rings (SSSR count). The van der Waals surface area contributed by atoms with Gasteiger partial charge in [0.2, 0.25) is 5.91 Å². The summed E-state index contributed by atoms with van der Waals surface area (Å²) in [4.78, 5) is 25.7. The van der Waals surface area contributed by atoms with Gasteiger partial charge >= 0.3 is 6.09 Å². The van der Waals surface area contributed by atoms with E-state index in [0.717, 1.165) is 47.3 Å². The number of carbonyl (C=O) groups excluding carboxylic acids is 2. The molecule has 2 amide bonds. The Morgan fingerprint density at radius 1 is 1.08 bits per heavy atom. The van der Waals surface area contributed by atoms with Crippen molar-refractivity contribution < 1.29 is 14.3 Å². The van der Waals surface area contributed by atoms with Crippen molar-refractivity contribution >= 4 is 40.6 Å². The van der Waals surface area contributed by atoms with Gasteiger partial charge in [0.05, 0.1) is 13.2 Å². The zero-order valence-electron chi connectivity index (χ0n) is 20.3. The maximum atomic E-state index is 13.3. The minimum Gasteiger partial charge on any atom is -0.453 e. The highest BCUT2D eigenvalue weighted by atomic mass is 35.5. The Labute approximate surface area is 221 Å². The third-order valence-corrected chi connectivity index (χ3v) is 8.30. The van der Waals surface area contributed by atoms with Gasteiger partial charge in [0, 0.05) is 22.0 Å². The average molecular weight is 526 g/mol. The van der Waals surface area contributed by atoms with Crippen LogP contribution in [-0.2, 0) is 16.0 Å². The van der Waals surface area contributed by atoms with E-state index >= 15 is 0 Å². The second kappa shape index (κ2) is 12.4. The molecule has 1 heterocycles. The van der Waals surface area contributed by atoms with Crippen molar-refractivity contribution in [3.8, 4) is 11.1 Å². The van der Waals surface area contributed by atoms with Gasteiger partial charge in [0.15, 0.2) is 0 Å². The standard InChI is InChI=1S/C28H32ClN3O3S/c1-35-28(34)31-22-13-11-20(12-14-22)23-16-25(36-26(23)29)24(15-18-5-3-2-4-6-18)32-27(33)21-9-7-19(17-30)8-10-21/h2-6,11-14,16,19,21,24H,7-10,15,17,30H2,1H3,(H,31,34)(H,32,33)/t19-,21-,24?. The van der Waals surface area contributed by atoms with E-state index in [1.54, 1.807) is 12.1 Å². The summed E-state index contributed by atoms with van der Waals surface area (Å²) >= 11 is 8.19. The van der Waals surface area contributed by atoms with Gasteiger partial charge in [-0.15, -0.1) is 11.3 Å². The first-order chi connectivity index (χ1) is 17.5. The Hall–Kier alpha value is -2.87. The molecule has 36 heavy (non-hydrogen) atoms. The number of nitrogens with one attached hydrogen (secondary N) is 2. The maximum Gasteiger partial charge on any atom is 0.411 e. The van der Waals surface area contributed by atoms with E-state index in [9.17, 15) is 9.59 Å². The number of ether oxygens (including phenoxy) is 1. The molecule has 6 nitrogen and oxygen atoms in total.